The van der Waals surface area contributed by atoms with E-state index in [-0.39, 0.29) is 11.4 Å². The quantitative estimate of drug-likeness (QED) is 0.455. The van der Waals surface area contributed by atoms with Crippen LogP contribution >= 0.6 is 11.6 Å². The van der Waals surface area contributed by atoms with Gasteiger partial charge in [0.25, 0.3) is 0 Å². The second-order valence-electron chi connectivity index (χ2n) is 6.38. The van der Waals surface area contributed by atoms with Gasteiger partial charge in [-0.1, -0.05) is 11.6 Å². The summed E-state index contributed by atoms with van der Waals surface area (Å²) in [5, 5.41) is 13.2. The lowest BCUT2D eigenvalue weighted by atomic mass is 10.2. The summed E-state index contributed by atoms with van der Waals surface area (Å²) in [5.74, 6) is 0.301. The van der Waals surface area contributed by atoms with Crippen molar-refractivity contribution < 1.29 is 19.4 Å². The van der Waals surface area contributed by atoms with Gasteiger partial charge in [-0.25, -0.2) is 14.8 Å². The van der Waals surface area contributed by atoms with Crippen LogP contribution in [-0.2, 0) is 7.05 Å². The molecule has 0 unspecified atom stereocenters. The highest BCUT2D eigenvalue weighted by Crippen LogP contribution is 2.37. The van der Waals surface area contributed by atoms with Crippen LogP contribution in [-0.4, -0.2) is 32.7 Å². The molecule has 4 aromatic rings. The summed E-state index contributed by atoms with van der Waals surface area (Å²) in [6.45, 7) is 0. The molecule has 0 saturated carbocycles. The monoisotopic (exact) mass is 424 g/mol. The van der Waals surface area contributed by atoms with E-state index in [1.54, 1.807) is 30.3 Å². The van der Waals surface area contributed by atoms with Crippen molar-refractivity contribution in [1.29, 1.82) is 0 Å². The standard InChI is InChI=1S/C21H17ClN4O4/c1-26-15-11-17(29-2)18(30-16-4-3-9-23-19(16)20(27)28)10-14(15)25-21(26)24-13-7-5-12(22)6-8-13/h3-11H,1-2H3,(H,24,25)(H,27,28). The van der Waals surface area contributed by atoms with Crippen LogP contribution < -0.4 is 14.8 Å². The predicted molar refractivity (Wildman–Crippen MR) is 113 cm³/mol. The van der Waals surface area contributed by atoms with E-state index in [1.807, 2.05) is 23.7 Å². The van der Waals surface area contributed by atoms with Gasteiger partial charge in [0.2, 0.25) is 5.95 Å². The number of imidazole rings is 1. The van der Waals surface area contributed by atoms with Gasteiger partial charge in [0.15, 0.2) is 22.9 Å². The van der Waals surface area contributed by atoms with Gasteiger partial charge < -0.3 is 24.5 Å². The fourth-order valence-corrected chi connectivity index (χ4v) is 3.09. The number of ether oxygens (including phenoxy) is 2. The average Bonchev–Trinajstić information content (AvgIpc) is 3.03. The van der Waals surface area contributed by atoms with E-state index in [2.05, 4.69) is 15.3 Å². The molecule has 2 N–H and O–H groups in total. The number of aryl methyl sites for hydroxylation is 1. The molecule has 9 heteroatoms. The minimum atomic E-state index is -1.18. The number of rotatable bonds is 6. The Bertz CT molecular complexity index is 1240. The Morgan fingerprint density at radius 2 is 1.90 bits per heavy atom. The maximum atomic E-state index is 11.4. The lowest BCUT2D eigenvalue weighted by molar-refractivity contribution is 0.0687. The second-order valence-corrected chi connectivity index (χ2v) is 6.81. The molecule has 4 rings (SSSR count). The number of hydrogen-bond donors (Lipinski definition) is 2. The number of nitrogens with zero attached hydrogens (tertiary/aromatic N) is 3. The van der Waals surface area contributed by atoms with Gasteiger partial charge in [-0.15, -0.1) is 0 Å². The molecule has 2 aromatic heterocycles. The maximum Gasteiger partial charge on any atom is 0.358 e. The molecule has 2 aromatic carbocycles. The van der Waals surface area contributed by atoms with E-state index in [0.717, 1.165) is 11.2 Å². The predicted octanol–water partition coefficient (Wildman–Crippen LogP) is 4.86. The zero-order valence-corrected chi connectivity index (χ0v) is 16.8. The van der Waals surface area contributed by atoms with Gasteiger partial charge in [0.05, 0.1) is 18.1 Å². The first-order valence-electron chi connectivity index (χ1n) is 8.89. The number of aromatic carboxylic acids is 1. The number of methoxy groups -OCH3 is 1. The van der Waals surface area contributed by atoms with E-state index in [9.17, 15) is 9.90 Å². The van der Waals surface area contributed by atoms with Crippen LogP contribution in [0.1, 0.15) is 10.5 Å². The zero-order valence-electron chi connectivity index (χ0n) is 16.1. The molecule has 0 atom stereocenters. The van der Waals surface area contributed by atoms with Crippen LogP contribution in [0.4, 0.5) is 11.6 Å². The van der Waals surface area contributed by atoms with E-state index in [0.29, 0.717) is 28.0 Å². The minimum absolute atomic E-state index is 0.109. The van der Waals surface area contributed by atoms with E-state index in [4.69, 9.17) is 21.1 Å². The van der Waals surface area contributed by atoms with Crippen LogP contribution in [0.2, 0.25) is 5.02 Å². The molecule has 2 heterocycles. The molecule has 0 bridgehead atoms. The van der Waals surface area contributed by atoms with Crippen LogP contribution in [0.25, 0.3) is 11.0 Å². The van der Waals surface area contributed by atoms with Crippen molar-refractivity contribution in [3.05, 3.63) is 65.4 Å². The molecule has 0 aliphatic rings. The molecule has 152 valence electrons. The number of fused-ring (bicyclic) bond motifs is 1. The number of nitrogens with one attached hydrogen (secondary N) is 1. The number of carboxylic acid groups (broad SMARTS) is 1. The molecular weight excluding hydrogens is 408 g/mol. The largest absolute Gasteiger partial charge is 0.493 e. The minimum Gasteiger partial charge on any atom is -0.493 e. The van der Waals surface area contributed by atoms with Gasteiger partial charge in [-0.05, 0) is 36.4 Å². The Hall–Kier alpha value is -3.78. The zero-order chi connectivity index (χ0) is 21.3. The van der Waals surface area contributed by atoms with Gasteiger partial charge >= 0.3 is 5.97 Å². The number of carboxylic acids is 1. The Labute approximate surface area is 176 Å². The first-order valence-corrected chi connectivity index (χ1v) is 9.27. The number of halogens is 1. The molecule has 0 saturated heterocycles. The SMILES string of the molecule is COc1cc2c(cc1Oc1cccnc1C(=O)O)nc(Nc1ccc(Cl)cc1)n2C. The highest BCUT2D eigenvalue weighted by atomic mass is 35.5. The first-order chi connectivity index (χ1) is 14.5. The fourth-order valence-electron chi connectivity index (χ4n) is 2.97. The Balaban J connectivity index is 1.73. The van der Waals surface area contributed by atoms with Crippen molar-refractivity contribution >= 4 is 40.2 Å². The van der Waals surface area contributed by atoms with Crippen LogP contribution in [0.15, 0.2) is 54.7 Å². The molecule has 0 fully saturated rings. The summed E-state index contributed by atoms with van der Waals surface area (Å²) >= 11 is 5.94. The van der Waals surface area contributed by atoms with Crippen molar-refractivity contribution in [1.82, 2.24) is 14.5 Å². The molecule has 0 spiro atoms. The van der Waals surface area contributed by atoms with Crippen molar-refractivity contribution in [3.8, 4) is 17.2 Å². The summed E-state index contributed by atoms with van der Waals surface area (Å²) < 4.78 is 13.2. The summed E-state index contributed by atoms with van der Waals surface area (Å²) in [5.41, 5.74) is 2.10. The van der Waals surface area contributed by atoms with Gasteiger partial charge in [-0.3, -0.25) is 0 Å². The highest BCUT2D eigenvalue weighted by molar-refractivity contribution is 6.30. The van der Waals surface area contributed by atoms with Crippen LogP contribution in [0.5, 0.6) is 17.2 Å². The van der Waals surface area contributed by atoms with Crippen molar-refractivity contribution in [3.63, 3.8) is 0 Å². The Morgan fingerprint density at radius 1 is 1.13 bits per heavy atom. The number of benzene rings is 2. The van der Waals surface area contributed by atoms with Crippen molar-refractivity contribution in [2.45, 2.75) is 0 Å². The number of anilines is 2. The maximum absolute atomic E-state index is 11.4. The van der Waals surface area contributed by atoms with Crippen molar-refractivity contribution in [2.75, 3.05) is 12.4 Å². The van der Waals surface area contributed by atoms with E-state index < -0.39 is 5.97 Å². The molecule has 0 radical (unpaired) electrons. The number of carbonyl (C=O) groups is 1. The average molecular weight is 425 g/mol. The van der Waals surface area contributed by atoms with Crippen LogP contribution in [0, 0.1) is 0 Å². The van der Waals surface area contributed by atoms with Gasteiger partial charge in [-0.2, -0.15) is 0 Å². The van der Waals surface area contributed by atoms with E-state index in [1.165, 1.54) is 19.4 Å². The number of pyridine rings is 1. The van der Waals surface area contributed by atoms with E-state index >= 15 is 0 Å². The summed E-state index contributed by atoms with van der Waals surface area (Å²) in [4.78, 5) is 19.9. The Kier molecular flexibility index (Phi) is 5.16. The third-order valence-electron chi connectivity index (χ3n) is 4.46. The smallest absolute Gasteiger partial charge is 0.358 e. The lowest BCUT2D eigenvalue weighted by Crippen LogP contribution is -2.03. The molecular formula is C21H17ClN4O4. The number of aromatic nitrogens is 3. The molecule has 30 heavy (non-hydrogen) atoms. The third-order valence-corrected chi connectivity index (χ3v) is 4.71. The second kappa shape index (κ2) is 7.92. The summed E-state index contributed by atoms with van der Waals surface area (Å²) in [6, 6.07) is 13.9. The molecule has 0 aliphatic carbocycles. The summed E-state index contributed by atoms with van der Waals surface area (Å²) in [6.07, 6.45) is 1.39. The number of hydrogen-bond acceptors (Lipinski definition) is 6. The molecule has 0 amide bonds. The summed E-state index contributed by atoms with van der Waals surface area (Å²) in [7, 11) is 3.38. The highest BCUT2D eigenvalue weighted by Gasteiger charge is 2.18. The van der Waals surface area contributed by atoms with Gasteiger partial charge in [0.1, 0.15) is 0 Å². The fraction of sp³-hybridized carbons (Fsp3) is 0.0952. The Morgan fingerprint density at radius 3 is 2.60 bits per heavy atom. The molecule has 0 aliphatic heterocycles. The van der Waals surface area contributed by atoms with Gasteiger partial charge in [0, 0.05) is 36.1 Å². The third kappa shape index (κ3) is 3.72. The topological polar surface area (TPSA) is 98.5 Å². The first kappa shape index (κ1) is 19.5. The van der Waals surface area contributed by atoms with Crippen molar-refractivity contribution in [2.24, 2.45) is 7.05 Å². The van der Waals surface area contributed by atoms with Crippen LogP contribution in [0.3, 0.4) is 0 Å². The normalized spacial score (nSPS) is 10.8. The lowest BCUT2D eigenvalue weighted by Gasteiger charge is -2.12. The molecule has 8 nitrogen and oxygen atoms in total.